The van der Waals surface area contributed by atoms with Crippen molar-refractivity contribution in [2.45, 2.75) is 25.3 Å². The number of hydrogen-bond donors (Lipinski definition) is 1. The zero-order chi connectivity index (χ0) is 10.6. The van der Waals surface area contributed by atoms with E-state index in [0.717, 1.165) is 12.8 Å². The second-order valence-electron chi connectivity index (χ2n) is 3.62. The first-order chi connectivity index (χ1) is 6.71. The maximum atomic E-state index is 11.7. The second kappa shape index (κ2) is 4.75. The molecule has 82 valence electrons. The largest absolute Gasteiger partial charge is 0.468 e. The number of nitrogens with one attached hydrogen (secondary N) is 1. The van der Waals surface area contributed by atoms with Crippen LogP contribution >= 0.6 is 0 Å². The van der Waals surface area contributed by atoms with Gasteiger partial charge in [-0.2, -0.15) is 0 Å². The Morgan fingerprint density at radius 3 is 2.57 bits per heavy atom. The summed E-state index contributed by atoms with van der Waals surface area (Å²) in [4.78, 5) is 11.7. The first-order valence-electron chi connectivity index (χ1n) is 5.06. The summed E-state index contributed by atoms with van der Waals surface area (Å²) < 4.78 is 10.2. The topological polar surface area (TPSA) is 47.6 Å². The highest BCUT2D eigenvalue weighted by atomic mass is 16.5. The Kier molecular flexibility index (Phi) is 3.89. The highest BCUT2D eigenvalue weighted by Gasteiger charge is 2.51. The van der Waals surface area contributed by atoms with E-state index in [0.29, 0.717) is 19.1 Å². The summed E-state index contributed by atoms with van der Waals surface area (Å²) in [6.07, 6.45) is 2.14. The molecule has 1 aliphatic carbocycles. The summed E-state index contributed by atoms with van der Waals surface area (Å²) in [6, 6.07) is 0. The maximum Gasteiger partial charge on any atom is 0.328 e. The number of rotatable bonds is 6. The van der Waals surface area contributed by atoms with Crippen molar-refractivity contribution < 1.29 is 14.3 Å². The molecule has 0 aromatic carbocycles. The normalized spacial score (nSPS) is 20.2. The van der Waals surface area contributed by atoms with Gasteiger partial charge < -0.3 is 14.8 Å². The standard InChI is InChI=1S/C10H19NO3/c1-4-14-7-10(11-2,8-5-6-8)9(12)13-3/h8,11H,4-7H2,1-3H3. The molecule has 0 saturated heterocycles. The molecule has 1 atom stereocenters. The predicted octanol–water partition coefficient (Wildman–Crippen LogP) is 0.564. The second-order valence-corrected chi connectivity index (χ2v) is 3.62. The van der Waals surface area contributed by atoms with E-state index in [1.54, 1.807) is 7.05 Å². The fourth-order valence-electron chi connectivity index (χ4n) is 1.74. The van der Waals surface area contributed by atoms with E-state index in [1.807, 2.05) is 6.92 Å². The number of carbonyl (C=O) groups excluding carboxylic acids is 1. The van der Waals surface area contributed by atoms with Crippen LogP contribution in [0.3, 0.4) is 0 Å². The van der Waals surface area contributed by atoms with Crippen LogP contribution in [-0.2, 0) is 14.3 Å². The summed E-state index contributed by atoms with van der Waals surface area (Å²) in [7, 11) is 3.21. The third-order valence-corrected chi connectivity index (χ3v) is 2.80. The van der Waals surface area contributed by atoms with Crippen molar-refractivity contribution in [1.82, 2.24) is 5.32 Å². The Labute approximate surface area is 85.0 Å². The first-order valence-corrected chi connectivity index (χ1v) is 5.06. The predicted molar refractivity (Wildman–Crippen MR) is 53.0 cm³/mol. The number of methoxy groups -OCH3 is 1. The van der Waals surface area contributed by atoms with E-state index in [1.165, 1.54) is 7.11 Å². The zero-order valence-electron chi connectivity index (χ0n) is 9.13. The molecule has 0 aliphatic heterocycles. The van der Waals surface area contributed by atoms with Gasteiger partial charge in [0.2, 0.25) is 0 Å². The molecule has 1 saturated carbocycles. The van der Waals surface area contributed by atoms with Gasteiger partial charge in [-0.1, -0.05) is 0 Å². The Hall–Kier alpha value is -0.610. The maximum absolute atomic E-state index is 11.7. The smallest absolute Gasteiger partial charge is 0.328 e. The SMILES string of the molecule is CCOCC(NC)(C(=O)OC)C1CC1. The van der Waals surface area contributed by atoms with Gasteiger partial charge in [0.15, 0.2) is 0 Å². The number of ether oxygens (including phenoxy) is 2. The lowest BCUT2D eigenvalue weighted by atomic mass is 9.94. The molecule has 14 heavy (non-hydrogen) atoms. The van der Waals surface area contributed by atoms with Crippen molar-refractivity contribution in [1.29, 1.82) is 0 Å². The number of carbonyl (C=O) groups is 1. The van der Waals surface area contributed by atoms with Gasteiger partial charge in [-0.3, -0.25) is 0 Å². The van der Waals surface area contributed by atoms with E-state index < -0.39 is 5.54 Å². The highest BCUT2D eigenvalue weighted by Crippen LogP contribution is 2.40. The Bertz CT molecular complexity index is 204. The third-order valence-electron chi connectivity index (χ3n) is 2.80. The lowest BCUT2D eigenvalue weighted by molar-refractivity contribution is -0.152. The monoisotopic (exact) mass is 201 g/mol. The molecule has 1 unspecified atom stereocenters. The van der Waals surface area contributed by atoms with Gasteiger partial charge >= 0.3 is 5.97 Å². The fourth-order valence-corrected chi connectivity index (χ4v) is 1.74. The summed E-state index contributed by atoms with van der Waals surface area (Å²) in [6.45, 7) is 2.94. The molecule has 0 amide bonds. The molecule has 0 radical (unpaired) electrons. The average Bonchev–Trinajstić information content (AvgIpc) is 3.03. The average molecular weight is 201 g/mol. The quantitative estimate of drug-likeness (QED) is 0.638. The van der Waals surface area contributed by atoms with Crippen molar-refractivity contribution >= 4 is 5.97 Å². The molecule has 4 nitrogen and oxygen atoms in total. The van der Waals surface area contributed by atoms with Crippen molar-refractivity contribution in [3.8, 4) is 0 Å². The molecular weight excluding hydrogens is 182 g/mol. The lowest BCUT2D eigenvalue weighted by Gasteiger charge is -2.30. The molecule has 0 bridgehead atoms. The van der Waals surface area contributed by atoms with Crippen molar-refractivity contribution in [2.24, 2.45) is 5.92 Å². The fraction of sp³-hybridized carbons (Fsp3) is 0.900. The van der Waals surface area contributed by atoms with E-state index >= 15 is 0 Å². The lowest BCUT2D eigenvalue weighted by Crippen LogP contribution is -2.56. The van der Waals surface area contributed by atoms with Crippen molar-refractivity contribution in [2.75, 3.05) is 27.4 Å². The summed E-state index contributed by atoms with van der Waals surface area (Å²) in [5.74, 6) is 0.155. The number of esters is 1. The van der Waals surface area contributed by atoms with Crippen LogP contribution in [0.2, 0.25) is 0 Å². The molecule has 1 fully saturated rings. The van der Waals surface area contributed by atoms with E-state index in [9.17, 15) is 4.79 Å². The van der Waals surface area contributed by atoms with Crippen LogP contribution in [0.25, 0.3) is 0 Å². The van der Waals surface area contributed by atoms with Gasteiger partial charge in [-0.05, 0) is 32.7 Å². The van der Waals surface area contributed by atoms with Gasteiger partial charge in [0.1, 0.15) is 5.54 Å². The highest BCUT2D eigenvalue weighted by molar-refractivity contribution is 5.82. The van der Waals surface area contributed by atoms with E-state index in [4.69, 9.17) is 9.47 Å². The van der Waals surface area contributed by atoms with Crippen LogP contribution in [0.15, 0.2) is 0 Å². The Morgan fingerprint density at radius 1 is 1.57 bits per heavy atom. The minimum atomic E-state index is -0.620. The Morgan fingerprint density at radius 2 is 2.21 bits per heavy atom. The molecule has 0 heterocycles. The molecule has 4 heteroatoms. The van der Waals surface area contributed by atoms with Crippen LogP contribution in [0, 0.1) is 5.92 Å². The van der Waals surface area contributed by atoms with Crippen LogP contribution in [0.4, 0.5) is 0 Å². The van der Waals surface area contributed by atoms with Gasteiger partial charge in [-0.25, -0.2) is 4.79 Å². The van der Waals surface area contributed by atoms with Gasteiger partial charge in [0.25, 0.3) is 0 Å². The molecule has 1 N–H and O–H groups in total. The van der Waals surface area contributed by atoms with E-state index in [2.05, 4.69) is 5.32 Å². The summed E-state index contributed by atoms with van der Waals surface area (Å²) >= 11 is 0. The summed E-state index contributed by atoms with van der Waals surface area (Å²) in [5.41, 5.74) is -0.620. The molecule has 0 aromatic rings. The van der Waals surface area contributed by atoms with Gasteiger partial charge in [0.05, 0.1) is 13.7 Å². The van der Waals surface area contributed by atoms with Crippen LogP contribution in [-0.4, -0.2) is 38.9 Å². The van der Waals surface area contributed by atoms with Crippen molar-refractivity contribution in [3.05, 3.63) is 0 Å². The molecule has 1 aliphatic rings. The molecule has 0 spiro atoms. The van der Waals surface area contributed by atoms with Crippen LogP contribution < -0.4 is 5.32 Å². The minimum absolute atomic E-state index is 0.212. The molecular formula is C10H19NO3. The first kappa shape index (κ1) is 11.5. The van der Waals surface area contributed by atoms with Crippen LogP contribution in [0.1, 0.15) is 19.8 Å². The molecule has 0 aromatic heterocycles. The third kappa shape index (κ3) is 2.07. The van der Waals surface area contributed by atoms with Crippen molar-refractivity contribution in [3.63, 3.8) is 0 Å². The number of likely N-dealkylation sites (N-methyl/N-ethyl adjacent to an activating group) is 1. The van der Waals surface area contributed by atoms with Gasteiger partial charge in [0, 0.05) is 6.61 Å². The van der Waals surface area contributed by atoms with Crippen LogP contribution in [0.5, 0.6) is 0 Å². The molecule has 1 rings (SSSR count). The van der Waals surface area contributed by atoms with Gasteiger partial charge in [-0.15, -0.1) is 0 Å². The Balaban J connectivity index is 2.69. The summed E-state index contributed by atoms with van der Waals surface area (Å²) in [5, 5.41) is 3.06. The zero-order valence-corrected chi connectivity index (χ0v) is 9.13. The number of hydrogen-bond acceptors (Lipinski definition) is 4. The minimum Gasteiger partial charge on any atom is -0.468 e. The van der Waals surface area contributed by atoms with E-state index in [-0.39, 0.29) is 5.97 Å².